The largest absolute Gasteiger partial charge is 0.480 e. The number of anilines is 1. The van der Waals surface area contributed by atoms with E-state index in [-0.39, 0.29) is 11.6 Å². The van der Waals surface area contributed by atoms with Gasteiger partial charge in [-0.3, -0.25) is 4.79 Å². The first kappa shape index (κ1) is 15.2. The molecule has 1 aromatic rings. The van der Waals surface area contributed by atoms with E-state index in [9.17, 15) is 14.7 Å². The minimum Gasteiger partial charge on any atom is -0.480 e. The average molecular weight is 292 g/mol. The molecule has 0 bridgehead atoms. The number of nitrogens with one attached hydrogen (secondary N) is 1. The van der Waals surface area contributed by atoms with Crippen LogP contribution in [0.5, 0.6) is 0 Å². The molecule has 2 heterocycles. The number of carboxylic acids is 1. The third-order valence-electron chi connectivity index (χ3n) is 3.66. The third-order valence-corrected chi connectivity index (χ3v) is 3.66. The zero-order valence-corrected chi connectivity index (χ0v) is 12.2. The Morgan fingerprint density at radius 3 is 2.76 bits per heavy atom. The van der Waals surface area contributed by atoms with E-state index in [1.807, 2.05) is 6.92 Å². The maximum Gasteiger partial charge on any atom is 0.326 e. The lowest BCUT2D eigenvalue weighted by Gasteiger charge is -2.36. The Labute approximate surface area is 123 Å². The van der Waals surface area contributed by atoms with Crippen LogP contribution in [0.3, 0.4) is 0 Å². The maximum atomic E-state index is 11.6. The number of carbonyl (C=O) groups is 2. The van der Waals surface area contributed by atoms with Gasteiger partial charge in [0.15, 0.2) is 11.5 Å². The number of aromatic nitrogens is 2. The summed E-state index contributed by atoms with van der Waals surface area (Å²) < 4.78 is 0. The number of carboxylic acid groups (broad SMARTS) is 1. The monoisotopic (exact) mass is 292 g/mol. The lowest BCUT2D eigenvalue weighted by Crippen LogP contribution is -2.47. The first-order chi connectivity index (χ1) is 10.0. The Bertz CT molecular complexity index is 517. The summed E-state index contributed by atoms with van der Waals surface area (Å²) in [4.78, 5) is 24.8. The number of hydrogen-bond acceptors (Lipinski definition) is 5. The van der Waals surface area contributed by atoms with Gasteiger partial charge in [-0.2, -0.15) is 0 Å². The van der Waals surface area contributed by atoms with E-state index in [1.54, 1.807) is 17.0 Å². The molecule has 0 aromatic carbocycles. The van der Waals surface area contributed by atoms with Crippen molar-refractivity contribution < 1.29 is 14.7 Å². The summed E-state index contributed by atoms with van der Waals surface area (Å²) in [6, 6.07) is 2.65. The molecular weight excluding hydrogens is 272 g/mol. The summed E-state index contributed by atoms with van der Waals surface area (Å²) in [6.45, 7) is 5.03. The Balaban J connectivity index is 2.17. The normalized spacial score (nSPS) is 21.9. The predicted molar refractivity (Wildman–Crippen MR) is 77.2 cm³/mol. The summed E-state index contributed by atoms with van der Waals surface area (Å²) in [7, 11) is 0. The highest BCUT2D eigenvalue weighted by atomic mass is 16.4. The van der Waals surface area contributed by atoms with E-state index in [0.29, 0.717) is 31.2 Å². The van der Waals surface area contributed by atoms with Gasteiger partial charge in [0.25, 0.3) is 5.91 Å². The quantitative estimate of drug-likeness (QED) is 0.856. The van der Waals surface area contributed by atoms with Crippen LogP contribution in [-0.2, 0) is 4.79 Å². The van der Waals surface area contributed by atoms with Gasteiger partial charge in [-0.25, -0.2) is 4.79 Å². The molecule has 0 spiro atoms. The van der Waals surface area contributed by atoms with Gasteiger partial charge in [0.05, 0.1) is 0 Å². The number of carbonyl (C=O) groups excluding carboxylic acids is 1. The van der Waals surface area contributed by atoms with Crippen LogP contribution in [0.1, 0.15) is 37.2 Å². The lowest BCUT2D eigenvalue weighted by atomic mass is 9.92. The second kappa shape index (κ2) is 6.51. The fourth-order valence-corrected chi connectivity index (χ4v) is 2.50. The van der Waals surface area contributed by atoms with Gasteiger partial charge >= 0.3 is 5.97 Å². The van der Waals surface area contributed by atoms with E-state index >= 15 is 0 Å². The number of amides is 1. The van der Waals surface area contributed by atoms with Crippen molar-refractivity contribution in [2.24, 2.45) is 5.92 Å². The Hall–Kier alpha value is -2.18. The minimum atomic E-state index is -0.851. The van der Waals surface area contributed by atoms with Crippen LogP contribution in [0.25, 0.3) is 0 Å². The first-order valence-electron chi connectivity index (χ1n) is 7.14. The fraction of sp³-hybridized carbons (Fsp3) is 0.571. The summed E-state index contributed by atoms with van der Waals surface area (Å²) in [6.07, 6.45) is 1.51. The molecule has 2 atom stereocenters. The molecule has 1 aliphatic rings. The van der Waals surface area contributed by atoms with Crippen molar-refractivity contribution in [3.63, 3.8) is 0 Å². The van der Waals surface area contributed by atoms with Crippen LogP contribution in [0, 0.1) is 5.92 Å². The molecule has 0 saturated carbocycles. The maximum absolute atomic E-state index is 11.6. The molecule has 1 aliphatic heterocycles. The van der Waals surface area contributed by atoms with Gasteiger partial charge in [0.1, 0.15) is 6.04 Å². The number of rotatable bonds is 4. The molecule has 7 nitrogen and oxygen atoms in total. The standard InChI is InChI=1S/C14H20N4O3/c1-3-15-13(19)10-4-5-12(17-16-10)18-7-6-9(2)8-11(18)14(20)21/h4-5,9,11H,3,6-8H2,1-2H3,(H,15,19)(H,20,21). The van der Waals surface area contributed by atoms with E-state index in [1.165, 1.54) is 0 Å². The van der Waals surface area contributed by atoms with Gasteiger partial charge in [0, 0.05) is 13.1 Å². The average Bonchev–Trinajstić information content (AvgIpc) is 2.47. The van der Waals surface area contributed by atoms with Crippen molar-refractivity contribution in [2.75, 3.05) is 18.0 Å². The highest BCUT2D eigenvalue weighted by molar-refractivity contribution is 5.92. The van der Waals surface area contributed by atoms with Crippen LogP contribution in [0.4, 0.5) is 5.82 Å². The van der Waals surface area contributed by atoms with Crippen molar-refractivity contribution in [1.82, 2.24) is 15.5 Å². The van der Waals surface area contributed by atoms with E-state index in [2.05, 4.69) is 22.4 Å². The van der Waals surface area contributed by atoms with Crippen LogP contribution in [0.2, 0.25) is 0 Å². The molecule has 2 unspecified atom stereocenters. The van der Waals surface area contributed by atoms with Crippen LogP contribution < -0.4 is 10.2 Å². The third kappa shape index (κ3) is 3.48. The summed E-state index contributed by atoms with van der Waals surface area (Å²) >= 11 is 0. The molecule has 7 heteroatoms. The van der Waals surface area contributed by atoms with Crippen molar-refractivity contribution in [2.45, 2.75) is 32.7 Å². The van der Waals surface area contributed by atoms with E-state index < -0.39 is 12.0 Å². The van der Waals surface area contributed by atoms with Crippen LogP contribution in [-0.4, -0.2) is 46.3 Å². The zero-order chi connectivity index (χ0) is 15.4. The number of piperidine rings is 1. The molecular formula is C14H20N4O3. The molecule has 1 saturated heterocycles. The van der Waals surface area contributed by atoms with Gasteiger partial charge in [0.2, 0.25) is 0 Å². The Morgan fingerprint density at radius 2 is 2.19 bits per heavy atom. The predicted octanol–water partition coefficient (Wildman–Crippen LogP) is 0.916. The first-order valence-corrected chi connectivity index (χ1v) is 7.14. The van der Waals surface area contributed by atoms with E-state index in [0.717, 1.165) is 6.42 Å². The zero-order valence-electron chi connectivity index (χ0n) is 12.2. The summed E-state index contributed by atoms with van der Waals surface area (Å²) in [5, 5.41) is 19.9. The second-order valence-corrected chi connectivity index (χ2v) is 5.31. The Kier molecular flexibility index (Phi) is 4.72. The number of nitrogens with zero attached hydrogens (tertiary/aromatic N) is 3. The molecule has 21 heavy (non-hydrogen) atoms. The van der Waals surface area contributed by atoms with Gasteiger partial charge in [-0.15, -0.1) is 10.2 Å². The topological polar surface area (TPSA) is 95.4 Å². The van der Waals surface area contributed by atoms with Gasteiger partial charge < -0.3 is 15.3 Å². The summed E-state index contributed by atoms with van der Waals surface area (Å²) in [5.74, 6) is -0.248. The molecule has 0 aliphatic carbocycles. The number of aliphatic carboxylic acids is 1. The smallest absolute Gasteiger partial charge is 0.326 e. The second-order valence-electron chi connectivity index (χ2n) is 5.31. The molecule has 1 fully saturated rings. The Morgan fingerprint density at radius 1 is 1.43 bits per heavy atom. The molecule has 1 amide bonds. The molecule has 0 radical (unpaired) electrons. The van der Waals surface area contributed by atoms with Gasteiger partial charge in [-0.1, -0.05) is 6.92 Å². The van der Waals surface area contributed by atoms with Crippen molar-refractivity contribution in [1.29, 1.82) is 0 Å². The SMILES string of the molecule is CCNC(=O)c1ccc(N2CCC(C)CC2C(=O)O)nn1. The van der Waals surface area contributed by atoms with Crippen molar-refractivity contribution in [3.05, 3.63) is 17.8 Å². The van der Waals surface area contributed by atoms with Crippen LogP contribution >= 0.6 is 0 Å². The molecule has 1 aromatic heterocycles. The van der Waals surface area contributed by atoms with Crippen LogP contribution in [0.15, 0.2) is 12.1 Å². The van der Waals surface area contributed by atoms with Crippen molar-refractivity contribution in [3.8, 4) is 0 Å². The van der Waals surface area contributed by atoms with Gasteiger partial charge in [-0.05, 0) is 37.8 Å². The fourth-order valence-electron chi connectivity index (χ4n) is 2.50. The van der Waals surface area contributed by atoms with Crippen molar-refractivity contribution >= 4 is 17.7 Å². The minimum absolute atomic E-state index is 0.234. The lowest BCUT2D eigenvalue weighted by molar-refractivity contribution is -0.139. The highest BCUT2D eigenvalue weighted by Gasteiger charge is 2.32. The summed E-state index contributed by atoms with van der Waals surface area (Å²) in [5.41, 5.74) is 0.234. The molecule has 114 valence electrons. The molecule has 2 rings (SSSR count). The number of hydrogen-bond donors (Lipinski definition) is 2. The van der Waals surface area contributed by atoms with E-state index in [4.69, 9.17) is 0 Å². The highest BCUT2D eigenvalue weighted by Crippen LogP contribution is 2.26. The molecule has 2 N–H and O–H groups in total.